The molecule has 2 amide bonds. The lowest BCUT2D eigenvalue weighted by molar-refractivity contribution is -0.151. The molecule has 2 fully saturated rings. The van der Waals surface area contributed by atoms with E-state index in [-0.39, 0.29) is 34.5 Å². The van der Waals surface area contributed by atoms with Gasteiger partial charge in [-0.2, -0.15) is 4.31 Å². The van der Waals surface area contributed by atoms with Crippen molar-refractivity contribution in [3.63, 3.8) is 0 Å². The first-order valence-electron chi connectivity index (χ1n) is 10.5. The molecule has 1 unspecified atom stereocenters. The first-order valence-corrected chi connectivity index (χ1v) is 12.8. The molecule has 2 saturated heterocycles. The SMILES string of the molecule is CCOC(=O)C1CCN(C(=O)CN(C)C(=O)C2CCCN2S(=O)(=O)c2cccs2)CC1. The van der Waals surface area contributed by atoms with Crippen molar-refractivity contribution >= 4 is 39.1 Å². The molecule has 2 aliphatic heterocycles. The molecule has 172 valence electrons. The van der Waals surface area contributed by atoms with Crippen molar-refractivity contribution in [2.75, 3.05) is 39.8 Å². The highest BCUT2D eigenvalue weighted by Gasteiger charge is 2.41. The summed E-state index contributed by atoms with van der Waals surface area (Å²) in [6, 6.07) is 2.41. The number of ether oxygens (including phenoxy) is 1. The summed E-state index contributed by atoms with van der Waals surface area (Å²) in [6.45, 7) is 3.15. The molecule has 2 aliphatic rings. The van der Waals surface area contributed by atoms with Crippen molar-refractivity contribution in [2.45, 2.75) is 42.9 Å². The summed E-state index contributed by atoms with van der Waals surface area (Å²) in [5, 5.41) is 1.69. The van der Waals surface area contributed by atoms with Gasteiger partial charge in [0.2, 0.25) is 11.8 Å². The van der Waals surface area contributed by atoms with Gasteiger partial charge in [-0.15, -0.1) is 11.3 Å². The number of nitrogens with zero attached hydrogens (tertiary/aromatic N) is 3. The van der Waals surface area contributed by atoms with E-state index >= 15 is 0 Å². The largest absolute Gasteiger partial charge is 0.466 e. The highest BCUT2D eigenvalue weighted by molar-refractivity contribution is 7.91. The number of hydrogen-bond donors (Lipinski definition) is 0. The molecule has 0 radical (unpaired) electrons. The average Bonchev–Trinajstić information content (AvgIpc) is 3.46. The van der Waals surface area contributed by atoms with E-state index in [0.29, 0.717) is 51.9 Å². The fraction of sp³-hybridized carbons (Fsp3) is 0.650. The smallest absolute Gasteiger partial charge is 0.309 e. The van der Waals surface area contributed by atoms with Gasteiger partial charge in [0.1, 0.15) is 10.3 Å². The van der Waals surface area contributed by atoms with Crippen LogP contribution in [0.1, 0.15) is 32.6 Å². The number of likely N-dealkylation sites (N-methyl/N-ethyl adjacent to an activating group) is 1. The standard InChI is InChI=1S/C20H29N3O6S2/c1-3-29-20(26)15-8-11-22(12-9-15)17(24)14-21(2)19(25)16-6-4-10-23(16)31(27,28)18-7-5-13-30-18/h5,7,13,15-16H,3-4,6,8-12,14H2,1-2H3. The Morgan fingerprint density at radius 2 is 1.90 bits per heavy atom. The van der Waals surface area contributed by atoms with Crippen LogP contribution in [-0.2, 0) is 29.1 Å². The second-order valence-corrected chi connectivity index (χ2v) is 10.9. The quantitative estimate of drug-likeness (QED) is 0.553. The van der Waals surface area contributed by atoms with Crippen LogP contribution in [0.25, 0.3) is 0 Å². The molecule has 0 aliphatic carbocycles. The number of likely N-dealkylation sites (tertiary alicyclic amines) is 1. The van der Waals surface area contributed by atoms with Crippen molar-refractivity contribution in [3.05, 3.63) is 17.5 Å². The first kappa shape index (κ1) is 23.7. The average molecular weight is 472 g/mol. The minimum absolute atomic E-state index is 0.119. The molecule has 0 N–H and O–H groups in total. The number of amides is 2. The van der Waals surface area contributed by atoms with Gasteiger partial charge in [0, 0.05) is 26.7 Å². The van der Waals surface area contributed by atoms with E-state index in [2.05, 4.69) is 0 Å². The van der Waals surface area contributed by atoms with E-state index in [9.17, 15) is 22.8 Å². The number of sulfonamides is 1. The Morgan fingerprint density at radius 1 is 1.19 bits per heavy atom. The zero-order valence-corrected chi connectivity index (χ0v) is 19.5. The highest BCUT2D eigenvalue weighted by Crippen LogP contribution is 2.29. The predicted octanol–water partition coefficient (Wildman–Crippen LogP) is 1.16. The Kier molecular flexibility index (Phi) is 7.71. The summed E-state index contributed by atoms with van der Waals surface area (Å²) >= 11 is 1.13. The lowest BCUT2D eigenvalue weighted by Crippen LogP contribution is -2.50. The molecule has 31 heavy (non-hydrogen) atoms. The normalized spacial score (nSPS) is 20.6. The van der Waals surface area contributed by atoms with Gasteiger partial charge in [0.15, 0.2) is 0 Å². The van der Waals surface area contributed by atoms with Crippen LogP contribution in [0.3, 0.4) is 0 Å². The van der Waals surface area contributed by atoms with Gasteiger partial charge >= 0.3 is 5.97 Å². The van der Waals surface area contributed by atoms with E-state index < -0.39 is 16.1 Å². The van der Waals surface area contributed by atoms with Crippen LogP contribution in [0, 0.1) is 5.92 Å². The number of hydrogen-bond acceptors (Lipinski definition) is 7. The van der Waals surface area contributed by atoms with Crippen LogP contribution >= 0.6 is 11.3 Å². The number of rotatable bonds is 7. The third-order valence-corrected chi connectivity index (χ3v) is 9.04. The van der Waals surface area contributed by atoms with Gasteiger partial charge in [-0.3, -0.25) is 14.4 Å². The molecule has 1 aromatic rings. The Labute approximate surface area is 187 Å². The van der Waals surface area contributed by atoms with Crippen LogP contribution in [0.4, 0.5) is 0 Å². The molecule has 1 aromatic heterocycles. The summed E-state index contributed by atoms with van der Waals surface area (Å²) in [6.07, 6.45) is 2.12. The Hall–Kier alpha value is -1.98. The lowest BCUT2D eigenvalue weighted by atomic mass is 9.97. The minimum atomic E-state index is -3.73. The number of thiophene rings is 1. The molecule has 3 rings (SSSR count). The molecule has 0 saturated carbocycles. The topological polar surface area (TPSA) is 104 Å². The second kappa shape index (κ2) is 10.1. The monoisotopic (exact) mass is 471 g/mol. The maximum absolute atomic E-state index is 13.0. The molecule has 9 nitrogen and oxygen atoms in total. The van der Waals surface area contributed by atoms with E-state index in [1.54, 1.807) is 23.3 Å². The molecule has 0 bridgehead atoms. The van der Waals surface area contributed by atoms with Gasteiger partial charge in [-0.1, -0.05) is 6.07 Å². The van der Waals surface area contributed by atoms with Crippen molar-refractivity contribution in [2.24, 2.45) is 5.92 Å². The zero-order valence-electron chi connectivity index (χ0n) is 17.9. The maximum Gasteiger partial charge on any atom is 0.309 e. The molecule has 11 heteroatoms. The van der Waals surface area contributed by atoms with Crippen LogP contribution in [-0.4, -0.2) is 86.2 Å². The summed E-state index contributed by atoms with van der Waals surface area (Å²) in [5.41, 5.74) is 0. The summed E-state index contributed by atoms with van der Waals surface area (Å²) < 4.78 is 32.3. The van der Waals surface area contributed by atoms with E-state index in [4.69, 9.17) is 4.74 Å². The van der Waals surface area contributed by atoms with Gasteiger partial charge in [0.05, 0.1) is 19.1 Å². The van der Waals surface area contributed by atoms with E-state index in [0.717, 1.165) is 11.3 Å². The van der Waals surface area contributed by atoms with E-state index in [1.165, 1.54) is 22.3 Å². The second-order valence-electron chi connectivity index (χ2n) is 7.81. The number of esters is 1. The number of carbonyl (C=O) groups excluding carboxylic acids is 3. The van der Waals surface area contributed by atoms with Crippen LogP contribution in [0.5, 0.6) is 0 Å². The van der Waals surface area contributed by atoms with Gasteiger partial charge in [-0.05, 0) is 44.1 Å². The minimum Gasteiger partial charge on any atom is -0.466 e. The summed E-state index contributed by atoms with van der Waals surface area (Å²) in [7, 11) is -2.20. The molecular weight excluding hydrogens is 442 g/mol. The van der Waals surface area contributed by atoms with Crippen molar-refractivity contribution < 1.29 is 27.5 Å². The Morgan fingerprint density at radius 3 is 2.52 bits per heavy atom. The Balaban J connectivity index is 1.56. The van der Waals surface area contributed by atoms with E-state index in [1.807, 2.05) is 0 Å². The van der Waals surface area contributed by atoms with Crippen molar-refractivity contribution in [3.8, 4) is 0 Å². The maximum atomic E-state index is 13.0. The first-order chi connectivity index (χ1) is 14.8. The van der Waals surface area contributed by atoms with Gasteiger partial charge < -0.3 is 14.5 Å². The third kappa shape index (κ3) is 5.27. The molecule has 3 heterocycles. The molecule has 0 spiro atoms. The molecular formula is C20H29N3O6S2. The summed E-state index contributed by atoms with van der Waals surface area (Å²) in [4.78, 5) is 40.5. The van der Waals surface area contributed by atoms with Crippen molar-refractivity contribution in [1.29, 1.82) is 0 Å². The fourth-order valence-corrected chi connectivity index (χ4v) is 6.83. The summed E-state index contributed by atoms with van der Waals surface area (Å²) in [5.74, 6) is -0.996. The van der Waals surface area contributed by atoms with Gasteiger partial charge in [-0.25, -0.2) is 8.42 Å². The van der Waals surface area contributed by atoms with Crippen LogP contribution in [0.15, 0.2) is 21.7 Å². The predicted molar refractivity (Wildman–Crippen MR) is 115 cm³/mol. The zero-order chi connectivity index (χ0) is 22.6. The van der Waals surface area contributed by atoms with Gasteiger partial charge in [0.25, 0.3) is 10.0 Å². The molecule has 1 atom stereocenters. The Bertz CT molecular complexity index is 894. The van der Waals surface area contributed by atoms with Crippen LogP contribution < -0.4 is 0 Å². The van der Waals surface area contributed by atoms with Crippen molar-refractivity contribution in [1.82, 2.24) is 14.1 Å². The fourth-order valence-electron chi connectivity index (χ4n) is 4.06. The number of carbonyl (C=O) groups is 3. The highest BCUT2D eigenvalue weighted by atomic mass is 32.2. The third-order valence-electron chi connectivity index (χ3n) is 5.76. The number of piperidine rings is 1. The van der Waals surface area contributed by atoms with Crippen LogP contribution in [0.2, 0.25) is 0 Å². The molecule has 0 aromatic carbocycles. The lowest BCUT2D eigenvalue weighted by Gasteiger charge is -2.33.